The van der Waals surface area contributed by atoms with Crippen LogP contribution in [0.3, 0.4) is 0 Å². The first kappa shape index (κ1) is 13.2. The second-order valence-electron chi connectivity index (χ2n) is 4.35. The average molecular weight is 227 g/mol. The molecule has 0 radical (unpaired) electrons. The van der Waals surface area contributed by atoms with Crippen LogP contribution in [0.15, 0.2) is 22.8 Å². The molecule has 1 aromatic rings. The number of hydrogen-bond donors (Lipinski definition) is 2. The maximum Gasteiger partial charge on any atom is 0.133 e. The van der Waals surface area contributed by atoms with Crippen LogP contribution in [0.2, 0.25) is 0 Å². The summed E-state index contributed by atoms with van der Waals surface area (Å²) in [7, 11) is 0. The van der Waals surface area contributed by atoms with E-state index in [0.29, 0.717) is 25.5 Å². The third-order valence-corrected chi connectivity index (χ3v) is 2.30. The van der Waals surface area contributed by atoms with E-state index in [0.717, 1.165) is 0 Å². The molecule has 1 unspecified atom stereocenters. The molecule has 0 bridgehead atoms. The molecule has 16 heavy (non-hydrogen) atoms. The Bertz CT molecular complexity index is 282. The van der Waals surface area contributed by atoms with Crippen molar-refractivity contribution in [1.29, 1.82) is 0 Å². The predicted molar refractivity (Wildman–Crippen MR) is 62.2 cm³/mol. The van der Waals surface area contributed by atoms with Gasteiger partial charge in [-0.25, -0.2) is 0 Å². The second kappa shape index (κ2) is 6.03. The van der Waals surface area contributed by atoms with E-state index < -0.39 is 6.10 Å². The lowest BCUT2D eigenvalue weighted by atomic mass is 10.1. The Labute approximate surface area is 96.6 Å². The van der Waals surface area contributed by atoms with Crippen LogP contribution in [0.25, 0.3) is 0 Å². The highest BCUT2D eigenvalue weighted by molar-refractivity contribution is 5.02. The zero-order valence-electron chi connectivity index (χ0n) is 10.2. The molecule has 92 valence electrons. The Hall–Kier alpha value is -0.840. The number of aliphatic hydroxyl groups excluding tert-OH is 1. The molecule has 0 aliphatic heterocycles. The van der Waals surface area contributed by atoms with Crippen molar-refractivity contribution in [2.45, 2.75) is 32.5 Å². The largest absolute Gasteiger partial charge is 0.467 e. The molecule has 0 saturated heterocycles. The molecule has 0 aromatic carbocycles. The summed E-state index contributed by atoms with van der Waals surface area (Å²) in [5.74, 6) is 0.585. The van der Waals surface area contributed by atoms with Crippen LogP contribution < -0.4 is 5.32 Å². The third kappa shape index (κ3) is 4.35. The molecule has 0 fully saturated rings. The molecular formula is C12H21NO3. The molecule has 1 rings (SSSR count). The first-order valence-corrected chi connectivity index (χ1v) is 5.61. The molecule has 1 atom stereocenters. The van der Waals surface area contributed by atoms with Crippen molar-refractivity contribution in [3.05, 3.63) is 24.2 Å². The van der Waals surface area contributed by atoms with Crippen LogP contribution in [0.1, 0.15) is 32.6 Å². The SMILES string of the molecule is CCOC(C)(C)CNCC(O)c1ccco1. The van der Waals surface area contributed by atoms with Crippen molar-refractivity contribution < 1.29 is 14.3 Å². The highest BCUT2D eigenvalue weighted by atomic mass is 16.5. The van der Waals surface area contributed by atoms with Gasteiger partial charge in [-0.1, -0.05) is 0 Å². The average Bonchev–Trinajstić information content (AvgIpc) is 2.69. The zero-order chi connectivity index (χ0) is 12.0. The number of hydrogen-bond acceptors (Lipinski definition) is 4. The van der Waals surface area contributed by atoms with Crippen molar-refractivity contribution >= 4 is 0 Å². The highest BCUT2D eigenvalue weighted by Gasteiger charge is 2.18. The molecule has 2 N–H and O–H groups in total. The van der Waals surface area contributed by atoms with Crippen molar-refractivity contribution in [3.8, 4) is 0 Å². The minimum Gasteiger partial charge on any atom is -0.467 e. The monoisotopic (exact) mass is 227 g/mol. The number of furan rings is 1. The second-order valence-corrected chi connectivity index (χ2v) is 4.35. The highest BCUT2D eigenvalue weighted by Crippen LogP contribution is 2.12. The molecule has 0 amide bonds. The lowest BCUT2D eigenvalue weighted by molar-refractivity contribution is -0.0108. The van der Waals surface area contributed by atoms with Gasteiger partial charge in [0, 0.05) is 19.7 Å². The first-order valence-electron chi connectivity index (χ1n) is 5.61. The van der Waals surface area contributed by atoms with Crippen molar-refractivity contribution in [2.75, 3.05) is 19.7 Å². The normalized spacial score (nSPS) is 14.0. The Morgan fingerprint density at radius 2 is 2.31 bits per heavy atom. The fraction of sp³-hybridized carbons (Fsp3) is 0.667. The maximum atomic E-state index is 9.74. The van der Waals surface area contributed by atoms with E-state index in [4.69, 9.17) is 9.15 Å². The maximum absolute atomic E-state index is 9.74. The van der Waals surface area contributed by atoms with Gasteiger partial charge in [-0.2, -0.15) is 0 Å². The van der Waals surface area contributed by atoms with Gasteiger partial charge in [0.05, 0.1) is 11.9 Å². The van der Waals surface area contributed by atoms with Crippen LogP contribution in [-0.4, -0.2) is 30.4 Å². The Balaban J connectivity index is 2.25. The van der Waals surface area contributed by atoms with E-state index in [1.165, 1.54) is 0 Å². The quantitative estimate of drug-likeness (QED) is 0.744. The number of ether oxygens (including phenoxy) is 1. The zero-order valence-corrected chi connectivity index (χ0v) is 10.2. The minimum atomic E-state index is -0.604. The van der Waals surface area contributed by atoms with E-state index in [1.807, 2.05) is 20.8 Å². The van der Waals surface area contributed by atoms with E-state index >= 15 is 0 Å². The third-order valence-electron chi connectivity index (χ3n) is 2.30. The fourth-order valence-electron chi connectivity index (χ4n) is 1.53. The van der Waals surface area contributed by atoms with Crippen LogP contribution in [-0.2, 0) is 4.74 Å². The van der Waals surface area contributed by atoms with Gasteiger partial charge in [0.2, 0.25) is 0 Å². The summed E-state index contributed by atoms with van der Waals surface area (Å²) >= 11 is 0. The molecule has 0 saturated carbocycles. The lowest BCUT2D eigenvalue weighted by Crippen LogP contribution is -2.39. The van der Waals surface area contributed by atoms with Crippen molar-refractivity contribution in [1.82, 2.24) is 5.32 Å². The lowest BCUT2D eigenvalue weighted by Gasteiger charge is -2.25. The van der Waals surface area contributed by atoms with Crippen LogP contribution in [0.4, 0.5) is 0 Å². The Morgan fingerprint density at radius 1 is 1.56 bits per heavy atom. The number of nitrogens with one attached hydrogen (secondary N) is 1. The summed E-state index contributed by atoms with van der Waals surface area (Å²) in [6, 6.07) is 3.53. The van der Waals surface area contributed by atoms with E-state index in [2.05, 4.69) is 5.32 Å². The summed E-state index contributed by atoms with van der Waals surface area (Å²) in [6.45, 7) is 7.85. The number of aliphatic hydroxyl groups is 1. The molecule has 1 heterocycles. The Kier molecular flexibility index (Phi) is 4.99. The summed E-state index contributed by atoms with van der Waals surface area (Å²) in [5.41, 5.74) is -0.211. The van der Waals surface area contributed by atoms with Crippen LogP contribution in [0, 0.1) is 0 Å². The summed E-state index contributed by atoms with van der Waals surface area (Å²) in [4.78, 5) is 0. The fourth-order valence-corrected chi connectivity index (χ4v) is 1.53. The predicted octanol–water partition coefficient (Wildman–Crippen LogP) is 1.72. The van der Waals surface area contributed by atoms with E-state index in [9.17, 15) is 5.11 Å². The van der Waals surface area contributed by atoms with Crippen LogP contribution in [0.5, 0.6) is 0 Å². The molecule has 0 aliphatic carbocycles. The van der Waals surface area contributed by atoms with Crippen molar-refractivity contribution in [2.24, 2.45) is 0 Å². The van der Waals surface area contributed by atoms with Gasteiger partial charge in [-0.15, -0.1) is 0 Å². The van der Waals surface area contributed by atoms with Gasteiger partial charge in [0.15, 0.2) is 0 Å². The number of rotatable bonds is 7. The minimum absolute atomic E-state index is 0.211. The first-order chi connectivity index (χ1) is 7.55. The standard InChI is InChI=1S/C12H21NO3/c1-4-16-12(2,3)9-13-8-10(14)11-6-5-7-15-11/h5-7,10,13-14H,4,8-9H2,1-3H3. The van der Waals surface area contributed by atoms with Gasteiger partial charge in [-0.05, 0) is 32.9 Å². The van der Waals surface area contributed by atoms with Gasteiger partial charge < -0.3 is 19.6 Å². The van der Waals surface area contributed by atoms with E-state index in [1.54, 1.807) is 18.4 Å². The van der Waals surface area contributed by atoms with E-state index in [-0.39, 0.29) is 5.60 Å². The van der Waals surface area contributed by atoms with Gasteiger partial charge >= 0.3 is 0 Å². The van der Waals surface area contributed by atoms with Crippen molar-refractivity contribution in [3.63, 3.8) is 0 Å². The van der Waals surface area contributed by atoms with Gasteiger partial charge in [0.25, 0.3) is 0 Å². The van der Waals surface area contributed by atoms with Gasteiger partial charge in [0.1, 0.15) is 11.9 Å². The molecule has 4 heteroatoms. The topological polar surface area (TPSA) is 54.6 Å². The summed E-state index contributed by atoms with van der Waals surface area (Å²) in [6.07, 6.45) is 0.954. The molecule has 0 aliphatic rings. The van der Waals surface area contributed by atoms with Gasteiger partial charge in [-0.3, -0.25) is 0 Å². The molecule has 1 aromatic heterocycles. The smallest absolute Gasteiger partial charge is 0.133 e. The Morgan fingerprint density at radius 3 is 2.88 bits per heavy atom. The summed E-state index contributed by atoms with van der Waals surface area (Å²) in [5, 5.41) is 12.9. The molecule has 4 nitrogen and oxygen atoms in total. The van der Waals surface area contributed by atoms with Crippen LogP contribution >= 0.6 is 0 Å². The molecule has 0 spiro atoms. The summed E-state index contributed by atoms with van der Waals surface area (Å²) < 4.78 is 10.6. The molecular weight excluding hydrogens is 206 g/mol.